The first kappa shape index (κ1) is 33.1. The summed E-state index contributed by atoms with van der Waals surface area (Å²) >= 11 is 0. The van der Waals surface area contributed by atoms with Gasteiger partial charge >= 0.3 is 17.9 Å². The maximum absolute atomic E-state index is 12.5. The first-order valence-electron chi connectivity index (χ1n) is 15.4. The number of ether oxygens (including phenoxy) is 4. The van der Waals surface area contributed by atoms with Crippen LogP contribution in [0.25, 0.3) is 0 Å². The molecule has 0 bridgehead atoms. The Morgan fingerprint density at radius 1 is 0.929 bits per heavy atom. The second-order valence-electron chi connectivity index (χ2n) is 13.9. The van der Waals surface area contributed by atoms with E-state index in [-0.39, 0.29) is 75.0 Å². The summed E-state index contributed by atoms with van der Waals surface area (Å²) in [4.78, 5) is 36.9. The predicted molar refractivity (Wildman–Crippen MR) is 148 cm³/mol. The van der Waals surface area contributed by atoms with Crippen molar-refractivity contribution in [1.29, 1.82) is 0 Å². The summed E-state index contributed by atoms with van der Waals surface area (Å²) in [5.41, 5.74) is -1.53. The Kier molecular flexibility index (Phi) is 9.16. The summed E-state index contributed by atoms with van der Waals surface area (Å²) in [7, 11) is 1.35. The van der Waals surface area contributed by atoms with Crippen molar-refractivity contribution in [2.45, 2.75) is 110 Å². The summed E-state index contributed by atoms with van der Waals surface area (Å²) in [6.45, 7) is 8.25. The highest BCUT2D eigenvalue weighted by atomic mass is 16.7. The van der Waals surface area contributed by atoms with Crippen LogP contribution in [-0.4, -0.2) is 76.0 Å². The molecule has 0 radical (unpaired) electrons. The Morgan fingerprint density at radius 3 is 2.19 bits per heavy atom. The van der Waals surface area contributed by atoms with Crippen LogP contribution in [0.15, 0.2) is 0 Å². The molecular weight excluding hydrogens is 548 g/mol. The number of aliphatic hydroxyl groups is 4. The molecule has 11 atom stereocenters. The van der Waals surface area contributed by atoms with Gasteiger partial charge in [-0.3, -0.25) is 14.4 Å². The molecule has 240 valence electrons. The number of fused-ring (bicyclic) bond motifs is 5. The quantitative estimate of drug-likeness (QED) is 0.175. The van der Waals surface area contributed by atoms with Crippen LogP contribution in [0.3, 0.4) is 0 Å². The predicted octanol–water partition coefficient (Wildman–Crippen LogP) is 2.66. The van der Waals surface area contributed by atoms with Crippen molar-refractivity contribution < 1.29 is 53.8 Å². The number of esters is 3. The van der Waals surface area contributed by atoms with Crippen LogP contribution in [0, 0.1) is 46.3 Å². The Morgan fingerprint density at radius 2 is 1.60 bits per heavy atom. The Hall–Kier alpha value is -1.79. The number of carbonyl (C=O) groups excluding carboxylic acids is 3. The molecule has 4 fully saturated rings. The number of rotatable bonds is 9. The van der Waals surface area contributed by atoms with Crippen molar-refractivity contribution in [2.24, 2.45) is 46.3 Å². The van der Waals surface area contributed by atoms with Crippen LogP contribution in [-0.2, 0) is 33.3 Å². The van der Waals surface area contributed by atoms with E-state index in [0.29, 0.717) is 25.7 Å². The highest BCUT2D eigenvalue weighted by Crippen LogP contribution is 2.73. The maximum Gasteiger partial charge on any atom is 0.305 e. The van der Waals surface area contributed by atoms with Crippen molar-refractivity contribution in [3.8, 4) is 0 Å². The first-order valence-corrected chi connectivity index (χ1v) is 15.4. The molecule has 0 aromatic rings. The van der Waals surface area contributed by atoms with E-state index in [0.717, 1.165) is 0 Å². The molecule has 42 heavy (non-hydrogen) atoms. The highest BCUT2D eigenvalue weighted by molar-refractivity contribution is 5.69. The van der Waals surface area contributed by atoms with Crippen LogP contribution in [0.5, 0.6) is 0 Å². The lowest BCUT2D eigenvalue weighted by Gasteiger charge is -2.67. The van der Waals surface area contributed by atoms with Crippen LogP contribution in [0.1, 0.15) is 92.4 Å². The van der Waals surface area contributed by atoms with E-state index in [4.69, 9.17) is 18.9 Å². The zero-order valence-corrected chi connectivity index (χ0v) is 25.9. The molecule has 0 aromatic heterocycles. The summed E-state index contributed by atoms with van der Waals surface area (Å²) in [5, 5.41) is 45.4. The fraction of sp³-hybridized carbons (Fsp3) is 0.903. The maximum atomic E-state index is 12.5. The van der Waals surface area contributed by atoms with Gasteiger partial charge in [-0.2, -0.15) is 0 Å². The van der Waals surface area contributed by atoms with Gasteiger partial charge in [0.05, 0.1) is 20.3 Å². The normalized spacial score (nSPS) is 45.1. The van der Waals surface area contributed by atoms with E-state index in [2.05, 4.69) is 6.92 Å². The molecular formula is C31H50O11. The monoisotopic (exact) mass is 598 g/mol. The Bertz CT molecular complexity index is 1050. The summed E-state index contributed by atoms with van der Waals surface area (Å²) in [6.07, 6.45) is 3.04. The largest absolute Gasteiger partial charge is 0.469 e. The number of aliphatic hydroxyl groups excluding tert-OH is 1. The topological polar surface area (TPSA) is 169 Å². The fourth-order valence-corrected chi connectivity index (χ4v) is 9.87. The first-order chi connectivity index (χ1) is 19.5. The molecule has 11 nitrogen and oxygen atoms in total. The van der Waals surface area contributed by atoms with Crippen molar-refractivity contribution >= 4 is 17.9 Å². The van der Waals surface area contributed by atoms with Gasteiger partial charge in [-0.05, 0) is 60.7 Å². The number of hydrogen-bond acceptors (Lipinski definition) is 11. The summed E-state index contributed by atoms with van der Waals surface area (Å²) in [5.74, 6) is -8.78. The third-order valence-corrected chi connectivity index (χ3v) is 11.8. The van der Waals surface area contributed by atoms with Gasteiger partial charge in [-0.1, -0.05) is 20.8 Å². The van der Waals surface area contributed by atoms with E-state index >= 15 is 0 Å². The minimum Gasteiger partial charge on any atom is -0.469 e. The zero-order chi connectivity index (χ0) is 31.3. The van der Waals surface area contributed by atoms with E-state index in [1.54, 1.807) is 0 Å². The second kappa shape index (κ2) is 11.6. The van der Waals surface area contributed by atoms with Crippen molar-refractivity contribution in [3.05, 3.63) is 0 Å². The average molecular weight is 599 g/mol. The Labute approximate surface area is 248 Å². The van der Waals surface area contributed by atoms with Crippen LogP contribution >= 0.6 is 0 Å². The third-order valence-electron chi connectivity index (χ3n) is 11.8. The molecule has 0 amide bonds. The van der Waals surface area contributed by atoms with Gasteiger partial charge in [-0.15, -0.1) is 0 Å². The molecule has 11 heteroatoms. The Balaban J connectivity index is 1.79. The highest BCUT2D eigenvalue weighted by Gasteiger charge is 2.75. The smallest absolute Gasteiger partial charge is 0.305 e. The second-order valence-corrected chi connectivity index (χ2v) is 13.9. The van der Waals surface area contributed by atoms with E-state index in [1.165, 1.54) is 21.0 Å². The lowest BCUT2D eigenvalue weighted by molar-refractivity contribution is -0.375. The standard InChI is InChI=1S/C31H50O11/c1-18(7-10-25(35)39-6)22-8-9-23-26-24(17-31(38,28(22,23)5)42-20(3)34)27(4)11-12-29(36,40-14-13-32)15-21(27)16-30(26,37)41-19(2)33/h18,21-24,26,32,36-38H,7-17H2,1-6H3/t18-,21+,22-,23+,24+,26+,27+,28-,29+,30-,31-/m1/s1. The number of methoxy groups -OCH3 is 1. The van der Waals surface area contributed by atoms with Crippen LogP contribution < -0.4 is 0 Å². The van der Waals surface area contributed by atoms with Gasteiger partial charge in [0.15, 0.2) is 5.79 Å². The third kappa shape index (κ3) is 5.49. The average Bonchev–Trinajstić information content (AvgIpc) is 3.25. The fourth-order valence-electron chi connectivity index (χ4n) is 9.87. The van der Waals surface area contributed by atoms with E-state index in [9.17, 15) is 34.8 Å². The van der Waals surface area contributed by atoms with Gasteiger partial charge in [0, 0.05) is 57.3 Å². The van der Waals surface area contributed by atoms with Crippen molar-refractivity contribution in [2.75, 3.05) is 20.3 Å². The van der Waals surface area contributed by atoms with Crippen molar-refractivity contribution in [1.82, 2.24) is 0 Å². The number of carbonyl (C=O) groups is 3. The molecule has 0 saturated heterocycles. The molecule has 4 aliphatic rings. The molecule has 4 rings (SSSR count). The van der Waals surface area contributed by atoms with Crippen LogP contribution in [0.4, 0.5) is 0 Å². The summed E-state index contributed by atoms with van der Waals surface area (Å²) < 4.78 is 22.1. The molecule has 0 aromatic carbocycles. The summed E-state index contributed by atoms with van der Waals surface area (Å²) in [6, 6.07) is 0. The molecule has 4 N–H and O–H groups in total. The molecule has 0 spiro atoms. The molecule has 0 unspecified atom stereocenters. The number of hydrogen-bond donors (Lipinski definition) is 4. The minimum atomic E-state index is -1.89. The van der Waals surface area contributed by atoms with Gasteiger partial charge in [0.1, 0.15) is 0 Å². The lowest BCUT2D eigenvalue weighted by atomic mass is 9.41. The van der Waals surface area contributed by atoms with Gasteiger partial charge < -0.3 is 39.4 Å². The molecule has 0 heterocycles. The van der Waals surface area contributed by atoms with Gasteiger partial charge in [0.2, 0.25) is 11.6 Å². The van der Waals surface area contributed by atoms with Crippen LogP contribution in [0.2, 0.25) is 0 Å². The lowest BCUT2D eigenvalue weighted by Crippen LogP contribution is -2.71. The van der Waals surface area contributed by atoms with Crippen molar-refractivity contribution in [3.63, 3.8) is 0 Å². The van der Waals surface area contributed by atoms with Gasteiger partial charge in [-0.25, -0.2) is 0 Å². The molecule has 0 aliphatic heterocycles. The zero-order valence-electron chi connectivity index (χ0n) is 25.9. The SMILES string of the molecule is COC(=O)CC[C@@H](C)[C@H]1CC[C@H]2[C@H]3[C@H](C[C@@](O)(OC(C)=O)[C@]12C)[C@@]1(C)CC[C@](O)(OCCO)C[C@H]1C[C@@]3(O)OC(C)=O. The van der Waals surface area contributed by atoms with E-state index < -0.39 is 52.0 Å². The molecule has 4 aliphatic carbocycles. The minimum absolute atomic E-state index is 0.0248. The molecule has 4 saturated carbocycles. The van der Waals surface area contributed by atoms with Gasteiger partial charge in [0.25, 0.3) is 0 Å². The van der Waals surface area contributed by atoms with E-state index in [1.807, 2.05) is 13.8 Å².